The van der Waals surface area contributed by atoms with Crippen molar-refractivity contribution < 1.29 is 18.0 Å². The van der Waals surface area contributed by atoms with Crippen LogP contribution in [0.3, 0.4) is 0 Å². The van der Waals surface area contributed by atoms with Crippen molar-refractivity contribution in [2.45, 2.75) is 25.4 Å². The fraction of sp³-hybridized carbons (Fsp3) is 0.500. The second-order valence-corrected chi connectivity index (χ2v) is 5.95. The molecule has 0 aromatic heterocycles. The lowest BCUT2D eigenvalue weighted by Gasteiger charge is -2.21. The number of hydrogen-bond donors (Lipinski definition) is 0. The van der Waals surface area contributed by atoms with Crippen LogP contribution in [-0.2, 0) is 6.18 Å². The largest absolute Gasteiger partial charge is 0.417 e. The van der Waals surface area contributed by atoms with E-state index in [0.29, 0.717) is 0 Å². The zero-order valence-electron chi connectivity index (χ0n) is 10.4. The molecule has 0 spiro atoms. The van der Waals surface area contributed by atoms with E-state index in [-0.39, 0.29) is 23.7 Å². The van der Waals surface area contributed by atoms with Gasteiger partial charge in [-0.1, -0.05) is 18.2 Å². The molecule has 0 N–H and O–H groups in total. The molecule has 1 aliphatic rings. The Morgan fingerprint density at radius 3 is 2.47 bits per heavy atom. The van der Waals surface area contributed by atoms with E-state index in [1.54, 1.807) is 0 Å². The number of halogens is 3. The van der Waals surface area contributed by atoms with Gasteiger partial charge in [-0.05, 0) is 36.3 Å². The first-order valence-corrected chi connectivity index (χ1v) is 7.41. The predicted octanol–water partition coefficient (Wildman–Crippen LogP) is 4.42. The van der Waals surface area contributed by atoms with E-state index in [4.69, 9.17) is 0 Å². The number of alkyl halides is 3. The molecular weight excluding hydrogens is 273 g/mol. The van der Waals surface area contributed by atoms with E-state index >= 15 is 0 Å². The highest BCUT2D eigenvalue weighted by Crippen LogP contribution is 2.33. The fourth-order valence-corrected chi connectivity index (χ4v) is 3.50. The fourth-order valence-electron chi connectivity index (χ4n) is 2.30. The van der Waals surface area contributed by atoms with Crippen LogP contribution in [0, 0.1) is 5.92 Å². The minimum absolute atomic E-state index is 0.187. The number of hydrogen-bond acceptors (Lipinski definition) is 2. The highest BCUT2D eigenvalue weighted by Gasteiger charge is 2.35. The molecule has 2 rings (SSSR count). The second-order valence-electron chi connectivity index (χ2n) is 4.73. The minimum atomic E-state index is -4.46. The molecule has 5 heteroatoms. The first kappa shape index (κ1) is 14.4. The maximum atomic E-state index is 12.8. The van der Waals surface area contributed by atoms with Crippen LogP contribution in [0.25, 0.3) is 0 Å². The highest BCUT2D eigenvalue weighted by atomic mass is 32.2. The monoisotopic (exact) mass is 288 g/mol. The van der Waals surface area contributed by atoms with Crippen LogP contribution in [-0.4, -0.2) is 17.3 Å². The van der Waals surface area contributed by atoms with Gasteiger partial charge in [0.1, 0.15) is 0 Å². The smallest absolute Gasteiger partial charge is 0.294 e. The number of rotatable bonds is 3. The number of Topliss-reactive ketones (excluding diaryl/α,β-unsaturated/α-hetero) is 1. The molecule has 0 atom stereocenters. The van der Waals surface area contributed by atoms with E-state index in [2.05, 4.69) is 0 Å². The van der Waals surface area contributed by atoms with E-state index in [0.717, 1.165) is 30.4 Å². The van der Waals surface area contributed by atoms with Crippen molar-refractivity contribution in [3.8, 4) is 0 Å². The number of thioether (sulfide) groups is 1. The van der Waals surface area contributed by atoms with Gasteiger partial charge < -0.3 is 0 Å². The molecule has 19 heavy (non-hydrogen) atoms. The number of benzene rings is 1. The van der Waals surface area contributed by atoms with Crippen LogP contribution in [0.1, 0.15) is 35.2 Å². The highest BCUT2D eigenvalue weighted by molar-refractivity contribution is 7.99. The molecule has 0 aliphatic carbocycles. The van der Waals surface area contributed by atoms with Crippen molar-refractivity contribution in [1.82, 2.24) is 0 Å². The van der Waals surface area contributed by atoms with Crippen molar-refractivity contribution in [3.63, 3.8) is 0 Å². The summed E-state index contributed by atoms with van der Waals surface area (Å²) >= 11 is 1.84. The van der Waals surface area contributed by atoms with E-state index in [1.165, 1.54) is 18.2 Å². The Balaban J connectivity index is 2.14. The summed E-state index contributed by atoms with van der Waals surface area (Å²) in [6, 6.07) is 5.06. The molecule has 104 valence electrons. The van der Waals surface area contributed by atoms with Gasteiger partial charge in [-0.25, -0.2) is 0 Å². The van der Waals surface area contributed by atoms with E-state index in [1.807, 2.05) is 11.8 Å². The van der Waals surface area contributed by atoms with Gasteiger partial charge in [0.05, 0.1) is 5.56 Å². The number of carbonyl (C=O) groups excluding carboxylic acids is 1. The summed E-state index contributed by atoms with van der Waals surface area (Å²) in [7, 11) is 0. The first-order chi connectivity index (χ1) is 8.98. The Hall–Kier alpha value is -0.970. The van der Waals surface area contributed by atoms with Crippen LogP contribution in [0.4, 0.5) is 13.2 Å². The zero-order chi connectivity index (χ0) is 13.9. The second kappa shape index (κ2) is 5.99. The van der Waals surface area contributed by atoms with E-state index in [9.17, 15) is 18.0 Å². The van der Waals surface area contributed by atoms with Gasteiger partial charge >= 0.3 is 6.18 Å². The summed E-state index contributed by atoms with van der Waals surface area (Å²) in [4.78, 5) is 12.1. The molecular formula is C14H15F3OS. The van der Waals surface area contributed by atoms with Gasteiger partial charge in [0, 0.05) is 12.0 Å². The maximum absolute atomic E-state index is 12.8. The average molecular weight is 288 g/mol. The van der Waals surface area contributed by atoms with E-state index < -0.39 is 11.7 Å². The van der Waals surface area contributed by atoms with Gasteiger partial charge in [-0.2, -0.15) is 24.9 Å². The van der Waals surface area contributed by atoms with Gasteiger partial charge in [0.2, 0.25) is 0 Å². The minimum Gasteiger partial charge on any atom is -0.294 e. The Morgan fingerprint density at radius 2 is 1.84 bits per heavy atom. The van der Waals surface area contributed by atoms with Gasteiger partial charge in [-0.3, -0.25) is 4.79 Å². The molecule has 1 nitrogen and oxygen atoms in total. The van der Waals surface area contributed by atoms with Crippen LogP contribution >= 0.6 is 11.8 Å². The van der Waals surface area contributed by atoms with Crippen molar-refractivity contribution in [1.29, 1.82) is 0 Å². The molecule has 0 amide bonds. The van der Waals surface area contributed by atoms with Crippen molar-refractivity contribution in [2.75, 3.05) is 11.5 Å². The van der Waals surface area contributed by atoms with Crippen molar-refractivity contribution in [2.24, 2.45) is 5.92 Å². The summed E-state index contributed by atoms with van der Waals surface area (Å²) < 4.78 is 38.5. The lowest BCUT2D eigenvalue weighted by atomic mass is 9.91. The number of ketones is 1. The SMILES string of the molecule is O=C(CC1CCSCC1)c1ccccc1C(F)(F)F. The number of carbonyl (C=O) groups is 1. The third-order valence-corrected chi connectivity index (χ3v) is 4.40. The van der Waals surface area contributed by atoms with Crippen LogP contribution in [0.2, 0.25) is 0 Å². The molecule has 1 heterocycles. The molecule has 1 fully saturated rings. The average Bonchev–Trinajstić information content (AvgIpc) is 2.39. The summed E-state index contributed by atoms with van der Waals surface area (Å²) in [5, 5.41) is 0. The third kappa shape index (κ3) is 3.75. The first-order valence-electron chi connectivity index (χ1n) is 6.25. The zero-order valence-corrected chi connectivity index (χ0v) is 11.2. The maximum Gasteiger partial charge on any atom is 0.417 e. The topological polar surface area (TPSA) is 17.1 Å². The van der Waals surface area contributed by atoms with Crippen molar-refractivity contribution in [3.05, 3.63) is 35.4 Å². The molecule has 1 aliphatic heterocycles. The quantitative estimate of drug-likeness (QED) is 0.766. The summed E-state index contributed by atoms with van der Waals surface area (Å²) in [5.41, 5.74) is -1.00. The van der Waals surface area contributed by atoms with Crippen LogP contribution < -0.4 is 0 Å². The van der Waals surface area contributed by atoms with Crippen molar-refractivity contribution >= 4 is 17.5 Å². The Morgan fingerprint density at radius 1 is 1.21 bits per heavy atom. The lowest BCUT2D eigenvalue weighted by Crippen LogP contribution is -2.18. The van der Waals surface area contributed by atoms with Gasteiger partial charge in [0.25, 0.3) is 0 Å². The molecule has 1 aromatic carbocycles. The standard InChI is InChI=1S/C14H15F3OS/c15-14(16,17)12-4-2-1-3-11(12)13(18)9-10-5-7-19-8-6-10/h1-4,10H,5-9H2. The Labute approximate surface area is 114 Å². The van der Waals surface area contributed by atoms with Gasteiger partial charge in [0.15, 0.2) is 5.78 Å². The summed E-state index contributed by atoms with van der Waals surface area (Å²) in [6.07, 6.45) is -2.39. The normalized spacial score (nSPS) is 17.4. The van der Waals surface area contributed by atoms with Crippen LogP contribution in [0.5, 0.6) is 0 Å². The molecule has 1 aromatic rings. The molecule has 0 bridgehead atoms. The summed E-state index contributed by atoms with van der Waals surface area (Å²) in [6.45, 7) is 0. The van der Waals surface area contributed by atoms with Crippen LogP contribution in [0.15, 0.2) is 24.3 Å². The Bertz CT molecular complexity index is 450. The lowest BCUT2D eigenvalue weighted by molar-refractivity contribution is -0.137. The molecule has 1 saturated heterocycles. The Kier molecular flexibility index (Phi) is 4.55. The molecule has 0 unspecified atom stereocenters. The van der Waals surface area contributed by atoms with Gasteiger partial charge in [-0.15, -0.1) is 0 Å². The summed E-state index contributed by atoms with van der Waals surface area (Å²) in [5.74, 6) is 1.84. The molecule has 0 saturated carbocycles. The molecule has 0 radical (unpaired) electrons. The predicted molar refractivity (Wildman–Crippen MR) is 70.4 cm³/mol. The third-order valence-electron chi connectivity index (χ3n) is 3.35.